The minimum absolute atomic E-state index is 0.228. The molecule has 0 amide bonds. The van der Waals surface area contributed by atoms with Crippen molar-refractivity contribution in [3.63, 3.8) is 0 Å². The fraction of sp³-hybridized carbons (Fsp3) is 1.00. The number of rotatable bonds is 5. The lowest BCUT2D eigenvalue weighted by Gasteiger charge is -2.20. The molecule has 1 fully saturated rings. The fourth-order valence-corrected chi connectivity index (χ4v) is 1.59. The predicted molar refractivity (Wildman–Crippen MR) is 59.6 cm³/mol. The van der Waals surface area contributed by atoms with Crippen molar-refractivity contribution in [1.82, 2.24) is 10.6 Å². The normalized spacial score (nSPS) is 22.9. The Morgan fingerprint density at radius 2 is 2.07 bits per heavy atom. The zero-order valence-corrected chi connectivity index (χ0v) is 9.73. The van der Waals surface area contributed by atoms with Gasteiger partial charge >= 0.3 is 0 Å². The second kappa shape index (κ2) is 5.69. The summed E-state index contributed by atoms with van der Waals surface area (Å²) in [6.45, 7) is 10.6. The molecule has 1 rings (SSSR count). The van der Waals surface area contributed by atoms with Crippen LogP contribution in [-0.2, 0) is 4.74 Å². The monoisotopic (exact) mass is 200 g/mol. The third kappa shape index (κ3) is 5.58. The van der Waals surface area contributed by atoms with E-state index in [1.807, 2.05) is 0 Å². The number of hydrogen-bond donors (Lipinski definition) is 2. The van der Waals surface area contributed by atoms with E-state index in [9.17, 15) is 0 Å². The highest BCUT2D eigenvalue weighted by Gasteiger charge is 2.14. The Balaban J connectivity index is 1.89. The predicted octanol–water partition coefficient (Wildman–Crippen LogP) is 1.14. The van der Waals surface area contributed by atoms with Crippen LogP contribution in [0.4, 0.5) is 0 Å². The molecule has 0 aliphatic carbocycles. The first-order valence-electron chi connectivity index (χ1n) is 5.65. The van der Waals surface area contributed by atoms with Crippen molar-refractivity contribution in [1.29, 1.82) is 0 Å². The van der Waals surface area contributed by atoms with Crippen LogP contribution >= 0.6 is 0 Å². The van der Waals surface area contributed by atoms with Gasteiger partial charge in [0.15, 0.2) is 0 Å². The van der Waals surface area contributed by atoms with Gasteiger partial charge in [-0.1, -0.05) is 0 Å². The van der Waals surface area contributed by atoms with E-state index in [2.05, 4.69) is 31.4 Å². The maximum absolute atomic E-state index is 5.52. The maximum Gasteiger partial charge on any atom is 0.0700 e. The van der Waals surface area contributed by atoms with E-state index in [0.29, 0.717) is 6.10 Å². The molecular formula is C11H24N2O. The van der Waals surface area contributed by atoms with E-state index in [1.54, 1.807) is 0 Å². The van der Waals surface area contributed by atoms with Gasteiger partial charge in [0.05, 0.1) is 6.10 Å². The molecule has 0 radical (unpaired) electrons. The van der Waals surface area contributed by atoms with Crippen molar-refractivity contribution in [2.24, 2.45) is 0 Å². The van der Waals surface area contributed by atoms with Gasteiger partial charge in [0.25, 0.3) is 0 Å². The van der Waals surface area contributed by atoms with E-state index in [4.69, 9.17) is 4.74 Å². The van der Waals surface area contributed by atoms with Crippen LogP contribution in [0.3, 0.4) is 0 Å². The molecular weight excluding hydrogens is 176 g/mol. The average Bonchev–Trinajstić information content (AvgIpc) is 2.54. The average molecular weight is 200 g/mol. The molecule has 84 valence electrons. The zero-order valence-electron chi connectivity index (χ0n) is 9.73. The van der Waals surface area contributed by atoms with Gasteiger partial charge in [0.1, 0.15) is 0 Å². The summed E-state index contributed by atoms with van der Waals surface area (Å²) < 4.78 is 5.52. The summed E-state index contributed by atoms with van der Waals surface area (Å²) in [5.74, 6) is 0. The first-order valence-corrected chi connectivity index (χ1v) is 5.65. The molecule has 1 aliphatic rings. The van der Waals surface area contributed by atoms with Crippen molar-refractivity contribution in [2.45, 2.75) is 45.3 Å². The molecule has 2 N–H and O–H groups in total. The molecule has 0 bridgehead atoms. The number of hydrogen-bond acceptors (Lipinski definition) is 3. The Morgan fingerprint density at radius 1 is 1.29 bits per heavy atom. The molecule has 1 heterocycles. The second-order valence-electron chi connectivity index (χ2n) is 5.02. The smallest absolute Gasteiger partial charge is 0.0700 e. The van der Waals surface area contributed by atoms with Crippen LogP contribution in [0.25, 0.3) is 0 Å². The van der Waals surface area contributed by atoms with Crippen molar-refractivity contribution >= 4 is 0 Å². The Morgan fingerprint density at radius 3 is 2.64 bits per heavy atom. The first kappa shape index (κ1) is 12.0. The van der Waals surface area contributed by atoms with Crippen LogP contribution < -0.4 is 10.6 Å². The van der Waals surface area contributed by atoms with Gasteiger partial charge < -0.3 is 15.4 Å². The third-order valence-corrected chi connectivity index (χ3v) is 2.35. The van der Waals surface area contributed by atoms with E-state index < -0.39 is 0 Å². The largest absolute Gasteiger partial charge is 0.377 e. The van der Waals surface area contributed by atoms with Crippen molar-refractivity contribution < 1.29 is 4.74 Å². The molecule has 14 heavy (non-hydrogen) atoms. The molecule has 0 spiro atoms. The minimum atomic E-state index is 0.228. The first-order chi connectivity index (χ1) is 6.58. The summed E-state index contributed by atoms with van der Waals surface area (Å²) in [4.78, 5) is 0. The summed E-state index contributed by atoms with van der Waals surface area (Å²) in [7, 11) is 0. The maximum atomic E-state index is 5.52. The van der Waals surface area contributed by atoms with Gasteiger partial charge in [-0.15, -0.1) is 0 Å². The van der Waals surface area contributed by atoms with Crippen LogP contribution in [0.5, 0.6) is 0 Å². The Hall–Kier alpha value is -0.120. The van der Waals surface area contributed by atoms with Crippen LogP contribution in [0.1, 0.15) is 33.6 Å². The standard InChI is InChI=1S/C11H24N2O/c1-11(2,3)13-7-6-12-9-10-5-4-8-14-10/h10,12-13H,4-9H2,1-3H3/t10-/m0/s1. The van der Waals surface area contributed by atoms with Gasteiger partial charge in [-0.3, -0.25) is 0 Å². The molecule has 0 saturated carbocycles. The lowest BCUT2D eigenvalue weighted by Crippen LogP contribution is -2.41. The van der Waals surface area contributed by atoms with Crippen molar-refractivity contribution in [2.75, 3.05) is 26.2 Å². The molecule has 1 atom stereocenters. The highest BCUT2D eigenvalue weighted by Crippen LogP contribution is 2.10. The van der Waals surface area contributed by atoms with Gasteiger partial charge in [0, 0.05) is 31.8 Å². The highest BCUT2D eigenvalue weighted by molar-refractivity contribution is 4.72. The Labute approximate surface area is 87.6 Å². The van der Waals surface area contributed by atoms with Crippen LogP contribution in [0, 0.1) is 0 Å². The van der Waals surface area contributed by atoms with Gasteiger partial charge in [-0.2, -0.15) is 0 Å². The topological polar surface area (TPSA) is 33.3 Å². The minimum Gasteiger partial charge on any atom is -0.377 e. The summed E-state index contributed by atoms with van der Waals surface area (Å²) in [6, 6.07) is 0. The molecule has 0 aromatic rings. The molecule has 3 heteroatoms. The second-order valence-corrected chi connectivity index (χ2v) is 5.02. The molecule has 1 saturated heterocycles. The van der Waals surface area contributed by atoms with E-state index >= 15 is 0 Å². The number of nitrogens with one attached hydrogen (secondary N) is 2. The van der Waals surface area contributed by atoms with Gasteiger partial charge in [-0.05, 0) is 33.6 Å². The molecule has 0 unspecified atom stereocenters. The number of ether oxygens (including phenoxy) is 1. The van der Waals surface area contributed by atoms with Gasteiger partial charge in [0.2, 0.25) is 0 Å². The Kier molecular flexibility index (Phi) is 4.85. The summed E-state index contributed by atoms with van der Waals surface area (Å²) >= 11 is 0. The Bertz CT molecular complexity index is 148. The van der Waals surface area contributed by atoms with Crippen LogP contribution in [-0.4, -0.2) is 37.9 Å². The lowest BCUT2D eigenvalue weighted by molar-refractivity contribution is 0.110. The van der Waals surface area contributed by atoms with E-state index in [0.717, 1.165) is 26.2 Å². The summed E-state index contributed by atoms with van der Waals surface area (Å²) in [6.07, 6.45) is 2.91. The molecule has 0 aromatic carbocycles. The third-order valence-electron chi connectivity index (χ3n) is 2.35. The zero-order chi connectivity index (χ0) is 10.4. The van der Waals surface area contributed by atoms with Crippen LogP contribution in [0.2, 0.25) is 0 Å². The molecule has 3 nitrogen and oxygen atoms in total. The molecule has 0 aromatic heterocycles. The van der Waals surface area contributed by atoms with Gasteiger partial charge in [-0.25, -0.2) is 0 Å². The SMILES string of the molecule is CC(C)(C)NCCNC[C@@H]1CCCO1. The highest BCUT2D eigenvalue weighted by atomic mass is 16.5. The van der Waals surface area contributed by atoms with Crippen LogP contribution in [0.15, 0.2) is 0 Å². The lowest BCUT2D eigenvalue weighted by atomic mass is 10.1. The van der Waals surface area contributed by atoms with Crippen molar-refractivity contribution in [3.8, 4) is 0 Å². The fourth-order valence-electron chi connectivity index (χ4n) is 1.59. The van der Waals surface area contributed by atoms with Crippen molar-refractivity contribution in [3.05, 3.63) is 0 Å². The summed E-state index contributed by atoms with van der Waals surface area (Å²) in [5.41, 5.74) is 0.228. The summed E-state index contributed by atoms with van der Waals surface area (Å²) in [5, 5.41) is 6.86. The molecule has 1 aliphatic heterocycles. The van der Waals surface area contributed by atoms with E-state index in [1.165, 1.54) is 12.8 Å². The quantitative estimate of drug-likeness (QED) is 0.653. The van der Waals surface area contributed by atoms with E-state index in [-0.39, 0.29) is 5.54 Å².